The van der Waals surface area contributed by atoms with Gasteiger partial charge in [0.25, 0.3) is 5.91 Å². The summed E-state index contributed by atoms with van der Waals surface area (Å²) in [5, 5.41) is 12.4. The highest BCUT2D eigenvalue weighted by molar-refractivity contribution is 7.87. The normalized spacial score (nSPS) is 11.3. The Labute approximate surface area is 211 Å². The van der Waals surface area contributed by atoms with Crippen LogP contribution in [0.5, 0.6) is 11.5 Å². The lowest BCUT2D eigenvalue weighted by Crippen LogP contribution is -2.14. The van der Waals surface area contributed by atoms with Gasteiger partial charge in [0.2, 0.25) is 0 Å². The first-order chi connectivity index (χ1) is 17.2. The second kappa shape index (κ2) is 11.4. The molecule has 3 aromatic rings. The highest BCUT2D eigenvalue weighted by atomic mass is 32.2. The van der Waals surface area contributed by atoms with Crippen LogP contribution in [0.25, 0.3) is 6.08 Å². The molecule has 0 aliphatic carbocycles. The zero-order chi connectivity index (χ0) is 26.3. The second-order valence-electron chi connectivity index (χ2n) is 8.00. The van der Waals surface area contributed by atoms with Gasteiger partial charge in [0.15, 0.2) is 11.5 Å². The largest absolute Gasteiger partial charge is 0.493 e. The number of hydrogen-bond donors (Lipinski definition) is 1. The van der Waals surface area contributed by atoms with Crippen LogP contribution in [-0.4, -0.2) is 21.4 Å². The molecule has 0 heterocycles. The zero-order valence-electron chi connectivity index (χ0n) is 20.2. The molecule has 0 aliphatic rings. The maximum Gasteiger partial charge on any atom is 0.339 e. The summed E-state index contributed by atoms with van der Waals surface area (Å²) in [5.41, 5.74) is 3.32. The summed E-state index contributed by atoms with van der Waals surface area (Å²) in [6.07, 6.45) is 3.25. The summed E-state index contributed by atoms with van der Waals surface area (Å²) in [6.45, 7) is 7.54. The van der Waals surface area contributed by atoms with Crippen molar-refractivity contribution in [1.29, 1.82) is 5.26 Å². The topological polar surface area (TPSA) is 105 Å². The van der Waals surface area contributed by atoms with E-state index >= 15 is 0 Å². The predicted octanol–water partition coefficient (Wildman–Crippen LogP) is 5.35. The molecule has 0 saturated heterocycles. The maximum absolute atomic E-state index is 12.8. The van der Waals surface area contributed by atoms with Crippen molar-refractivity contribution in [2.75, 3.05) is 12.4 Å². The Kier molecular flexibility index (Phi) is 8.30. The highest BCUT2D eigenvalue weighted by Crippen LogP contribution is 2.36. The fraction of sp³-hybridized carbons (Fsp3) is 0.143. The molecular weight excluding hydrogens is 476 g/mol. The van der Waals surface area contributed by atoms with Crippen LogP contribution in [0.4, 0.5) is 5.69 Å². The predicted molar refractivity (Wildman–Crippen MR) is 139 cm³/mol. The van der Waals surface area contributed by atoms with E-state index in [0.717, 1.165) is 11.1 Å². The smallest absolute Gasteiger partial charge is 0.339 e. The lowest BCUT2D eigenvalue weighted by Gasteiger charge is -2.16. The number of carbonyl (C=O) groups is 1. The van der Waals surface area contributed by atoms with Crippen LogP contribution in [0.2, 0.25) is 0 Å². The Balaban J connectivity index is 2.00. The fourth-order valence-electron chi connectivity index (χ4n) is 3.52. The number of nitriles is 1. The minimum absolute atomic E-state index is 0.00424. The van der Waals surface area contributed by atoms with Crippen molar-refractivity contribution in [3.63, 3.8) is 0 Å². The Morgan fingerprint density at radius 1 is 1.11 bits per heavy atom. The second-order valence-corrected chi connectivity index (χ2v) is 9.54. The van der Waals surface area contributed by atoms with Gasteiger partial charge in [-0.1, -0.05) is 42.0 Å². The third-order valence-corrected chi connectivity index (χ3v) is 6.50. The molecule has 7 nitrogen and oxygen atoms in total. The molecule has 0 aliphatic heterocycles. The van der Waals surface area contributed by atoms with Crippen molar-refractivity contribution in [2.24, 2.45) is 0 Å². The van der Waals surface area contributed by atoms with E-state index in [1.54, 1.807) is 36.4 Å². The van der Waals surface area contributed by atoms with Crippen LogP contribution in [-0.2, 0) is 21.3 Å². The van der Waals surface area contributed by atoms with E-state index < -0.39 is 16.0 Å². The van der Waals surface area contributed by atoms with Crippen LogP contribution in [0.1, 0.15) is 22.3 Å². The van der Waals surface area contributed by atoms with Crippen molar-refractivity contribution < 1.29 is 22.1 Å². The minimum Gasteiger partial charge on any atom is -0.493 e. The first-order valence-electron chi connectivity index (χ1n) is 11.0. The van der Waals surface area contributed by atoms with Crippen LogP contribution in [0, 0.1) is 25.2 Å². The number of amides is 1. The first kappa shape index (κ1) is 26.3. The number of rotatable bonds is 9. The molecule has 0 unspecified atom stereocenters. The molecule has 0 spiro atoms. The molecule has 0 atom stereocenters. The molecule has 0 saturated carbocycles. The van der Waals surface area contributed by atoms with E-state index in [-0.39, 0.29) is 28.4 Å². The van der Waals surface area contributed by atoms with E-state index in [9.17, 15) is 18.5 Å². The van der Waals surface area contributed by atoms with Gasteiger partial charge in [-0.2, -0.15) is 13.7 Å². The summed E-state index contributed by atoms with van der Waals surface area (Å²) in [5.74, 6) is -0.426. The lowest BCUT2D eigenvalue weighted by atomic mass is 10.0. The van der Waals surface area contributed by atoms with E-state index in [1.807, 2.05) is 32.0 Å². The van der Waals surface area contributed by atoms with Crippen LogP contribution in [0.3, 0.4) is 0 Å². The molecule has 3 aromatic carbocycles. The monoisotopic (exact) mass is 502 g/mol. The third kappa shape index (κ3) is 6.20. The number of anilines is 1. The average molecular weight is 503 g/mol. The molecule has 8 heteroatoms. The van der Waals surface area contributed by atoms with E-state index in [1.165, 1.54) is 31.4 Å². The van der Waals surface area contributed by atoms with E-state index in [0.29, 0.717) is 16.8 Å². The van der Waals surface area contributed by atoms with Gasteiger partial charge in [0, 0.05) is 11.3 Å². The van der Waals surface area contributed by atoms with Gasteiger partial charge in [-0.15, -0.1) is 6.58 Å². The van der Waals surface area contributed by atoms with Gasteiger partial charge in [-0.3, -0.25) is 4.79 Å². The van der Waals surface area contributed by atoms with Crippen LogP contribution >= 0.6 is 0 Å². The first-order valence-corrected chi connectivity index (χ1v) is 12.4. The highest BCUT2D eigenvalue weighted by Gasteiger charge is 2.22. The molecular formula is C28H26N2O5S. The van der Waals surface area contributed by atoms with Gasteiger partial charge < -0.3 is 14.2 Å². The van der Waals surface area contributed by atoms with Gasteiger partial charge in [0.1, 0.15) is 16.5 Å². The Morgan fingerprint density at radius 2 is 1.83 bits per heavy atom. The molecule has 1 amide bonds. The zero-order valence-corrected chi connectivity index (χ0v) is 21.1. The van der Waals surface area contributed by atoms with Crippen LogP contribution in [0.15, 0.2) is 83.8 Å². The Hall–Kier alpha value is -4.35. The van der Waals surface area contributed by atoms with Gasteiger partial charge >= 0.3 is 10.1 Å². The van der Waals surface area contributed by atoms with Crippen molar-refractivity contribution in [2.45, 2.75) is 25.2 Å². The lowest BCUT2D eigenvalue weighted by molar-refractivity contribution is -0.112. The SMILES string of the molecule is C=CCc1cc(/C=C(\C#N)C(=O)Nc2ccc(C)cc2C)cc(OC)c1OS(=O)(=O)c1ccccc1. The van der Waals surface area contributed by atoms with E-state index in [4.69, 9.17) is 8.92 Å². The molecule has 36 heavy (non-hydrogen) atoms. The summed E-state index contributed by atoms with van der Waals surface area (Å²) in [7, 11) is -2.75. The molecule has 0 aromatic heterocycles. The Morgan fingerprint density at radius 3 is 2.44 bits per heavy atom. The molecule has 0 fully saturated rings. The van der Waals surface area contributed by atoms with Crippen LogP contribution < -0.4 is 14.2 Å². The number of nitrogens with zero attached hydrogens (tertiary/aromatic N) is 1. The number of carbonyl (C=O) groups excluding carboxylic acids is 1. The number of methoxy groups -OCH3 is 1. The van der Waals surface area contributed by atoms with Gasteiger partial charge in [-0.25, -0.2) is 0 Å². The summed E-state index contributed by atoms with van der Waals surface area (Å²) in [4.78, 5) is 12.8. The third-order valence-electron chi connectivity index (χ3n) is 5.27. The molecule has 1 N–H and O–H groups in total. The van der Waals surface area contributed by atoms with Gasteiger partial charge in [0.05, 0.1) is 7.11 Å². The van der Waals surface area contributed by atoms with Crippen molar-refractivity contribution in [1.82, 2.24) is 0 Å². The summed E-state index contributed by atoms with van der Waals surface area (Å²) in [6, 6.07) is 18.4. The standard InChI is InChI=1S/C28H26N2O5S/c1-5-9-22-15-21(16-23(18-29)28(31)30-25-13-12-19(2)14-20(25)3)17-26(34-4)27(22)35-36(32,33)24-10-7-6-8-11-24/h5-8,10-17H,1,9H2,2-4H3,(H,30,31)/b23-16+. The number of ether oxygens (including phenoxy) is 1. The number of allylic oxidation sites excluding steroid dienone is 1. The summed E-state index contributed by atoms with van der Waals surface area (Å²) < 4.78 is 36.6. The number of hydrogen-bond acceptors (Lipinski definition) is 6. The number of benzene rings is 3. The quantitative estimate of drug-likeness (QED) is 0.183. The van der Waals surface area contributed by atoms with Crippen molar-refractivity contribution in [3.05, 3.63) is 101 Å². The number of aryl methyl sites for hydroxylation is 2. The molecule has 0 radical (unpaired) electrons. The molecule has 0 bridgehead atoms. The minimum atomic E-state index is -4.13. The van der Waals surface area contributed by atoms with Crippen molar-refractivity contribution >= 4 is 27.8 Å². The molecule has 184 valence electrons. The average Bonchev–Trinajstić information content (AvgIpc) is 2.86. The maximum atomic E-state index is 12.8. The number of nitrogens with one attached hydrogen (secondary N) is 1. The fourth-order valence-corrected chi connectivity index (χ4v) is 4.52. The van der Waals surface area contributed by atoms with E-state index in [2.05, 4.69) is 11.9 Å². The van der Waals surface area contributed by atoms with Crippen molar-refractivity contribution in [3.8, 4) is 17.6 Å². The van der Waals surface area contributed by atoms with Gasteiger partial charge in [-0.05, 0) is 67.8 Å². The Bertz CT molecular complexity index is 1470. The summed E-state index contributed by atoms with van der Waals surface area (Å²) >= 11 is 0. The molecule has 3 rings (SSSR count).